The number of benzene rings is 2. The molecule has 3 rings (SSSR count). The predicted molar refractivity (Wildman–Crippen MR) is 96.4 cm³/mol. The molecule has 0 saturated carbocycles. The zero-order valence-electron chi connectivity index (χ0n) is 11.6. The largest absolute Gasteiger partial charge is 0.312 e. The summed E-state index contributed by atoms with van der Waals surface area (Å²) in [5.41, 5.74) is 1.30. The summed E-state index contributed by atoms with van der Waals surface area (Å²) in [5, 5.41) is 4.36. The second-order valence-electron chi connectivity index (χ2n) is 5.00. The first-order valence-corrected chi connectivity index (χ1v) is 8.66. The Balaban J connectivity index is 1.88. The normalized spacial score (nSPS) is 12.7. The number of hydrogen-bond donors (Lipinski definition) is 1. The van der Waals surface area contributed by atoms with Gasteiger partial charge < -0.3 is 5.32 Å². The van der Waals surface area contributed by atoms with Crippen LogP contribution in [0.3, 0.4) is 0 Å². The highest BCUT2D eigenvalue weighted by molar-refractivity contribution is 14.1. The van der Waals surface area contributed by atoms with Gasteiger partial charge in [-0.15, -0.1) is 11.3 Å². The molecular formula is C17H15FINS. The van der Waals surface area contributed by atoms with Gasteiger partial charge in [0.1, 0.15) is 5.82 Å². The van der Waals surface area contributed by atoms with Crippen LogP contribution in [0, 0.1) is 9.39 Å². The highest BCUT2D eigenvalue weighted by Gasteiger charge is 2.14. The number of nitrogens with one attached hydrogen (secondary N) is 1. The molecule has 0 amide bonds. The third kappa shape index (κ3) is 3.44. The lowest BCUT2D eigenvalue weighted by Gasteiger charge is -2.14. The van der Waals surface area contributed by atoms with E-state index in [1.807, 2.05) is 13.1 Å². The molecule has 0 aliphatic heterocycles. The first-order valence-electron chi connectivity index (χ1n) is 6.76. The lowest BCUT2D eigenvalue weighted by Crippen LogP contribution is -2.17. The Labute approximate surface area is 141 Å². The number of thiophene rings is 1. The molecule has 0 bridgehead atoms. The van der Waals surface area contributed by atoms with Crippen molar-refractivity contribution in [1.82, 2.24) is 5.32 Å². The van der Waals surface area contributed by atoms with Crippen molar-refractivity contribution in [2.45, 2.75) is 12.5 Å². The lowest BCUT2D eigenvalue weighted by molar-refractivity contribution is 0.602. The van der Waals surface area contributed by atoms with Gasteiger partial charge in [-0.2, -0.15) is 0 Å². The predicted octanol–water partition coefficient (Wildman–Crippen LogP) is 5.15. The van der Waals surface area contributed by atoms with E-state index in [0.717, 1.165) is 16.5 Å². The van der Waals surface area contributed by atoms with Crippen molar-refractivity contribution in [3.05, 3.63) is 68.4 Å². The van der Waals surface area contributed by atoms with Gasteiger partial charge in [0.05, 0.1) is 0 Å². The van der Waals surface area contributed by atoms with E-state index in [-0.39, 0.29) is 11.9 Å². The molecule has 1 N–H and O–H groups in total. The molecule has 0 saturated heterocycles. The molecule has 0 aliphatic rings. The van der Waals surface area contributed by atoms with Gasteiger partial charge in [-0.25, -0.2) is 4.39 Å². The average Bonchev–Trinajstić information content (AvgIpc) is 2.89. The van der Waals surface area contributed by atoms with Gasteiger partial charge in [0.25, 0.3) is 0 Å². The number of rotatable bonds is 4. The van der Waals surface area contributed by atoms with Crippen LogP contribution in [0.2, 0.25) is 0 Å². The highest BCUT2D eigenvalue weighted by atomic mass is 127. The van der Waals surface area contributed by atoms with Crippen molar-refractivity contribution < 1.29 is 4.39 Å². The van der Waals surface area contributed by atoms with Gasteiger partial charge in [-0.1, -0.05) is 12.1 Å². The van der Waals surface area contributed by atoms with Crippen molar-refractivity contribution in [1.29, 1.82) is 0 Å². The van der Waals surface area contributed by atoms with Gasteiger partial charge in [-0.3, -0.25) is 0 Å². The zero-order chi connectivity index (χ0) is 14.8. The summed E-state index contributed by atoms with van der Waals surface area (Å²) in [4.78, 5) is 1.25. The third-order valence-electron chi connectivity index (χ3n) is 3.54. The molecule has 0 radical (unpaired) electrons. The van der Waals surface area contributed by atoms with E-state index >= 15 is 0 Å². The second-order valence-corrected chi connectivity index (χ2v) is 7.36. The van der Waals surface area contributed by atoms with Crippen molar-refractivity contribution in [2.24, 2.45) is 0 Å². The topological polar surface area (TPSA) is 12.0 Å². The molecule has 1 nitrogen and oxygen atoms in total. The highest BCUT2D eigenvalue weighted by Crippen LogP contribution is 2.32. The van der Waals surface area contributed by atoms with Gasteiger partial charge in [0.2, 0.25) is 0 Å². The molecule has 1 atom stereocenters. The maximum atomic E-state index is 13.3. The SMILES string of the molecule is CNC(Cc1ccc(I)cc1)c1cc2cc(F)ccc2s1. The monoisotopic (exact) mass is 411 g/mol. The van der Waals surface area contributed by atoms with E-state index in [9.17, 15) is 4.39 Å². The fourth-order valence-electron chi connectivity index (χ4n) is 2.41. The molecule has 4 heteroatoms. The molecule has 1 heterocycles. The van der Waals surface area contributed by atoms with Crippen LogP contribution in [-0.2, 0) is 6.42 Å². The summed E-state index contributed by atoms with van der Waals surface area (Å²) < 4.78 is 15.7. The number of halogens is 2. The molecule has 0 fully saturated rings. The van der Waals surface area contributed by atoms with Crippen molar-refractivity contribution in [3.8, 4) is 0 Å². The molecule has 2 aromatic carbocycles. The number of fused-ring (bicyclic) bond motifs is 1. The van der Waals surface area contributed by atoms with Crippen molar-refractivity contribution >= 4 is 44.0 Å². The summed E-state index contributed by atoms with van der Waals surface area (Å²) in [5.74, 6) is -0.175. The van der Waals surface area contributed by atoms with E-state index in [0.29, 0.717) is 0 Å². The first-order chi connectivity index (χ1) is 10.2. The standard InChI is InChI=1S/C17H15FINS/c1-20-15(8-11-2-5-14(19)6-3-11)17-10-12-9-13(18)4-7-16(12)21-17/h2-7,9-10,15,20H,8H2,1H3. The Morgan fingerprint density at radius 3 is 2.62 bits per heavy atom. The van der Waals surface area contributed by atoms with Crippen LogP contribution in [0.5, 0.6) is 0 Å². The summed E-state index contributed by atoms with van der Waals surface area (Å²) in [6.07, 6.45) is 0.933. The van der Waals surface area contributed by atoms with Crippen LogP contribution in [0.15, 0.2) is 48.5 Å². The lowest BCUT2D eigenvalue weighted by atomic mass is 10.0. The van der Waals surface area contributed by atoms with E-state index in [4.69, 9.17) is 0 Å². The van der Waals surface area contributed by atoms with Crippen LogP contribution < -0.4 is 5.32 Å². The summed E-state index contributed by atoms with van der Waals surface area (Å²) in [6, 6.07) is 15.9. The average molecular weight is 411 g/mol. The fourth-order valence-corrected chi connectivity index (χ4v) is 3.92. The quantitative estimate of drug-likeness (QED) is 0.586. The maximum absolute atomic E-state index is 13.3. The summed E-state index contributed by atoms with van der Waals surface area (Å²) in [6.45, 7) is 0. The Hall–Kier alpha value is -0.980. The van der Waals surface area contributed by atoms with E-state index in [2.05, 4.69) is 58.2 Å². The van der Waals surface area contributed by atoms with Crippen LogP contribution in [0.1, 0.15) is 16.5 Å². The van der Waals surface area contributed by atoms with Crippen LogP contribution >= 0.6 is 33.9 Å². The summed E-state index contributed by atoms with van der Waals surface area (Å²) in [7, 11) is 1.97. The van der Waals surface area contributed by atoms with E-state index in [1.54, 1.807) is 17.4 Å². The number of hydrogen-bond acceptors (Lipinski definition) is 2. The minimum atomic E-state index is -0.175. The Bertz CT molecular complexity index is 751. The molecule has 1 aromatic heterocycles. The second kappa shape index (κ2) is 6.42. The van der Waals surface area contributed by atoms with E-state index in [1.165, 1.54) is 20.1 Å². The molecule has 1 unspecified atom stereocenters. The number of likely N-dealkylation sites (N-methyl/N-ethyl adjacent to an activating group) is 1. The summed E-state index contributed by atoms with van der Waals surface area (Å²) >= 11 is 4.04. The molecule has 3 aromatic rings. The maximum Gasteiger partial charge on any atom is 0.123 e. The van der Waals surface area contributed by atoms with Crippen LogP contribution in [0.4, 0.5) is 4.39 Å². The van der Waals surface area contributed by atoms with Crippen LogP contribution in [0.25, 0.3) is 10.1 Å². The zero-order valence-corrected chi connectivity index (χ0v) is 14.5. The van der Waals surface area contributed by atoms with E-state index < -0.39 is 0 Å². The minimum Gasteiger partial charge on any atom is -0.312 e. The van der Waals surface area contributed by atoms with Crippen LogP contribution in [-0.4, -0.2) is 7.05 Å². The Kier molecular flexibility index (Phi) is 4.57. The fraction of sp³-hybridized carbons (Fsp3) is 0.176. The van der Waals surface area contributed by atoms with Crippen molar-refractivity contribution in [2.75, 3.05) is 7.05 Å². The molecule has 0 spiro atoms. The smallest absolute Gasteiger partial charge is 0.123 e. The molecule has 108 valence electrons. The van der Waals surface area contributed by atoms with Gasteiger partial charge >= 0.3 is 0 Å². The first kappa shape index (κ1) is 14.9. The minimum absolute atomic E-state index is 0.175. The Morgan fingerprint density at radius 1 is 1.14 bits per heavy atom. The van der Waals surface area contributed by atoms with Gasteiger partial charge in [0, 0.05) is 19.2 Å². The van der Waals surface area contributed by atoms with Gasteiger partial charge in [-0.05, 0) is 83.4 Å². The third-order valence-corrected chi connectivity index (χ3v) is 5.49. The molecular weight excluding hydrogens is 396 g/mol. The molecule has 21 heavy (non-hydrogen) atoms. The molecule has 0 aliphatic carbocycles. The Morgan fingerprint density at radius 2 is 1.90 bits per heavy atom. The van der Waals surface area contributed by atoms with Crippen molar-refractivity contribution in [3.63, 3.8) is 0 Å². The van der Waals surface area contributed by atoms with Gasteiger partial charge in [0.15, 0.2) is 0 Å².